The normalized spacial score (nSPS) is 14.1. The first-order valence-electron chi connectivity index (χ1n) is 8.60. The highest BCUT2D eigenvalue weighted by Crippen LogP contribution is 2.23. The molecule has 1 aliphatic carbocycles. The fraction of sp³-hybridized carbons (Fsp3) is 0.368. The van der Waals surface area contributed by atoms with E-state index in [4.69, 9.17) is 0 Å². The van der Waals surface area contributed by atoms with E-state index < -0.39 is 11.6 Å². The number of anilines is 3. The molecule has 0 aliphatic heterocycles. The number of hydrogen-bond acceptors (Lipinski definition) is 4. The van der Waals surface area contributed by atoms with Crippen LogP contribution in [0.5, 0.6) is 0 Å². The van der Waals surface area contributed by atoms with Gasteiger partial charge in [-0.25, -0.2) is 13.8 Å². The van der Waals surface area contributed by atoms with Crippen LogP contribution in [0, 0.1) is 18.6 Å². The lowest BCUT2D eigenvalue weighted by Crippen LogP contribution is -2.09. The molecule has 3 rings (SSSR count). The number of aromatic nitrogens is 2. The van der Waals surface area contributed by atoms with Crippen molar-refractivity contribution in [3.05, 3.63) is 53.2 Å². The quantitative estimate of drug-likeness (QED) is 0.715. The van der Waals surface area contributed by atoms with Crippen molar-refractivity contribution in [2.45, 2.75) is 39.0 Å². The molecule has 0 amide bonds. The second-order valence-electron chi connectivity index (χ2n) is 6.22. The summed E-state index contributed by atoms with van der Waals surface area (Å²) in [6, 6.07) is 5.39. The standard InChI is InChI=1S/C19H22F2N4/c1-13-12-17(24-18-15(20)8-5-9-16(18)21)25-19(23-13)22-11-10-14-6-3-2-4-7-14/h5-6,8-9,12H,2-4,7,10-11H2,1H3,(H2,22,23,24,25). The maximum atomic E-state index is 13.8. The average molecular weight is 344 g/mol. The molecule has 132 valence electrons. The van der Waals surface area contributed by atoms with Crippen molar-refractivity contribution in [3.63, 3.8) is 0 Å². The van der Waals surface area contributed by atoms with Crippen molar-refractivity contribution in [1.82, 2.24) is 9.97 Å². The van der Waals surface area contributed by atoms with Crippen molar-refractivity contribution >= 4 is 17.5 Å². The molecule has 0 fully saturated rings. The first-order chi connectivity index (χ1) is 12.1. The molecule has 0 saturated heterocycles. The summed E-state index contributed by atoms with van der Waals surface area (Å²) >= 11 is 0. The van der Waals surface area contributed by atoms with Gasteiger partial charge in [0.05, 0.1) is 0 Å². The summed E-state index contributed by atoms with van der Waals surface area (Å²) in [5, 5.41) is 5.91. The van der Waals surface area contributed by atoms with Crippen LogP contribution in [0.1, 0.15) is 37.8 Å². The van der Waals surface area contributed by atoms with E-state index in [9.17, 15) is 8.78 Å². The molecule has 2 N–H and O–H groups in total. The van der Waals surface area contributed by atoms with E-state index in [-0.39, 0.29) is 5.69 Å². The molecule has 0 saturated carbocycles. The average Bonchev–Trinajstić information content (AvgIpc) is 2.59. The summed E-state index contributed by atoms with van der Waals surface area (Å²) in [5.41, 5.74) is 1.98. The Balaban J connectivity index is 1.67. The number of aryl methyl sites for hydroxylation is 1. The van der Waals surface area contributed by atoms with E-state index in [2.05, 4.69) is 26.7 Å². The van der Waals surface area contributed by atoms with Crippen molar-refractivity contribution in [1.29, 1.82) is 0 Å². The van der Waals surface area contributed by atoms with E-state index in [0.717, 1.165) is 19.4 Å². The molecule has 0 atom stereocenters. The Morgan fingerprint density at radius 1 is 1.12 bits per heavy atom. The van der Waals surface area contributed by atoms with Crippen LogP contribution in [0.3, 0.4) is 0 Å². The smallest absolute Gasteiger partial charge is 0.224 e. The Morgan fingerprint density at radius 2 is 1.92 bits per heavy atom. The third-order valence-corrected chi connectivity index (χ3v) is 4.18. The van der Waals surface area contributed by atoms with Gasteiger partial charge in [-0.1, -0.05) is 17.7 Å². The summed E-state index contributed by atoms with van der Waals surface area (Å²) in [6.45, 7) is 2.56. The van der Waals surface area contributed by atoms with Crippen molar-refractivity contribution < 1.29 is 8.78 Å². The number of para-hydroxylation sites is 1. The number of allylic oxidation sites excluding steroid dienone is 1. The Hall–Kier alpha value is -2.50. The van der Waals surface area contributed by atoms with Gasteiger partial charge in [0, 0.05) is 18.3 Å². The number of benzene rings is 1. The van der Waals surface area contributed by atoms with E-state index in [1.54, 1.807) is 6.07 Å². The fourth-order valence-electron chi connectivity index (χ4n) is 2.92. The summed E-state index contributed by atoms with van der Waals surface area (Å²) in [4.78, 5) is 8.64. The second-order valence-corrected chi connectivity index (χ2v) is 6.22. The highest BCUT2D eigenvalue weighted by Gasteiger charge is 2.11. The molecule has 4 nitrogen and oxygen atoms in total. The number of rotatable bonds is 6. The maximum Gasteiger partial charge on any atom is 0.224 e. The largest absolute Gasteiger partial charge is 0.354 e. The molecule has 1 aromatic carbocycles. The summed E-state index contributed by atoms with van der Waals surface area (Å²) in [6.07, 6.45) is 8.14. The van der Waals surface area contributed by atoms with Crippen LogP contribution in [-0.4, -0.2) is 16.5 Å². The van der Waals surface area contributed by atoms with Gasteiger partial charge in [-0.05, 0) is 51.2 Å². The Morgan fingerprint density at radius 3 is 2.64 bits per heavy atom. The Labute approximate surface area is 146 Å². The van der Waals surface area contributed by atoms with Crippen molar-refractivity contribution in [2.24, 2.45) is 0 Å². The summed E-state index contributed by atoms with van der Waals surface area (Å²) < 4.78 is 27.6. The molecule has 1 aliphatic rings. The van der Waals surface area contributed by atoms with Crippen molar-refractivity contribution in [3.8, 4) is 0 Å². The number of halogens is 2. The zero-order chi connectivity index (χ0) is 17.6. The maximum absolute atomic E-state index is 13.8. The van der Waals surface area contributed by atoms with Gasteiger partial charge in [-0.2, -0.15) is 4.98 Å². The second kappa shape index (κ2) is 8.05. The minimum Gasteiger partial charge on any atom is -0.354 e. The predicted molar refractivity (Wildman–Crippen MR) is 96.1 cm³/mol. The topological polar surface area (TPSA) is 49.8 Å². The Bertz CT molecular complexity index is 754. The fourth-order valence-corrected chi connectivity index (χ4v) is 2.92. The lowest BCUT2D eigenvalue weighted by molar-refractivity contribution is 0.590. The molecular formula is C19H22F2N4. The van der Waals surface area contributed by atoms with Gasteiger partial charge < -0.3 is 10.6 Å². The minimum atomic E-state index is -0.657. The van der Waals surface area contributed by atoms with Gasteiger partial charge in [-0.3, -0.25) is 0 Å². The highest BCUT2D eigenvalue weighted by atomic mass is 19.1. The molecule has 25 heavy (non-hydrogen) atoms. The van der Waals surface area contributed by atoms with Crippen LogP contribution >= 0.6 is 0 Å². The number of hydrogen-bond donors (Lipinski definition) is 2. The third-order valence-electron chi connectivity index (χ3n) is 4.18. The zero-order valence-corrected chi connectivity index (χ0v) is 14.3. The zero-order valence-electron chi connectivity index (χ0n) is 14.3. The molecule has 1 aromatic heterocycles. The van der Waals surface area contributed by atoms with Gasteiger partial charge in [0.25, 0.3) is 0 Å². The molecule has 0 spiro atoms. The van der Waals surface area contributed by atoms with Gasteiger partial charge >= 0.3 is 0 Å². The SMILES string of the molecule is Cc1cc(Nc2c(F)cccc2F)nc(NCCC2=CCCCC2)n1. The monoisotopic (exact) mass is 344 g/mol. The number of nitrogens with zero attached hydrogens (tertiary/aromatic N) is 2. The van der Waals surface area contributed by atoms with E-state index in [0.29, 0.717) is 17.5 Å². The minimum absolute atomic E-state index is 0.209. The lowest BCUT2D eigenvalue weighted by Gasteiger charge is -2.14. The summed E-state index contributed by atoms with van der Waals surface area (Å²) in [5.74, 6) is -0.503. The van der Waals surface area contributed by atoms with E-state index in [1.165, 1.54) is 43.0 Å². The van der Waals surface area contributed by atoms with Gasteiger partial charge in [-0.15, -0.1) is 0 Å². The molecule has 0 unspecified atom stereocenters. The van der Waals surface area contributed by atoms with Crippen molar-refractivity contribution in [2.75, 3.05) is 17.2 Å². The van der Waals surface area contributed by atoms with Crippen LogP contribution in [-0.2, 0) is 0 Å². The number of nitrogens with one attached hydrogen (secondary N) is 2. The highest BCUT2D eigenvalue weighted by molar-refractivity contribution is 5.58. The van der Waals surface area contributed by atoms with Crippen LogP contribution < -0.4 is 10.6 Å². The molecule has 6 heteroatoms. The molecule has 0 radical (unpaired) electrons. The lowest BCUT2D eigenvalue weighted by atomic mass is 9.97. The molecular weight excluding hydrogens is 322 g/mol. The molecule has 1 heterocycles. The third kappa shape index (κ3) is 4.75. The first kappa shape index (κ1) is 17.3. The van der Waals surface area contributed by atoms with Gasteiger partial charge in [0.1, 0.15) is 23.1 Å². The van der Waals surface area contributed by atoms with E-state index >= 15 is 0 Å². The van der Waals surface area contributed by atoms with Crippen LogP contribution in [0.15, 0.2) is 35.9 Å². The predicted octanol–water partition coefficient (Wildman–Crippen LogP) is 5.11. The van der Waals surface area contributed by atoms with Crippen LogP contribution in [0.4, 0.5) is 26.2 Å². The van der Waals surface area contributed by atoms with Crippen LogP contribution in [0.25, 0.3) is 0 Å². The molecule has 0 bridgehead atoms. The molecule has 2 aromatic rings. The van der Waals surface area contributed by atoms with Crippen LogP contribution in [0.2, 0.25) is 0 Å². The van der Waals surface area contributed by atoms with Gasteiger partial charge in [0.2, 0.25) is 5.95 Å². The van der Waals surface area contributed by atoms with Gasteiger partial charge in [0.15, 0.2) is 0 Å². The van der Waals surface area contributed by atoms with E-state index in [1.807, 2.05) is 6.92 Å². The first-order valence-corrected chi connectivity index (χ1v) is 8.60. The summed E-state index contributed by atoms with van der Waals surface area (Å²) in [7, 11) is 0. The Kier molecular flexibility index (Phi) is 5.58.